The molecule has 3 heteroatoms. The lowest BCUT2D eigenvalue weighted by atomic mass is 10.2. The third kappa shape index (κ3) is 2.99. The van der Waals surface area contributed by atoms with E-state index in [1.807, 2.05) is 30.3 Å². The molecule has 1 nitrogen and oxygen atoms in total. The van der Waals surface area contributed by atoms with Crippen LogP contribution in [0, 0.1) is 0 Å². The van der Waals surface area contributed by atoms with Crippen molar-refractivity contribution < 1.29 is 4.79 Å². The van der Waals surface area contributed by atoms with Crippen LogP contribution in [0.4, 0.5) is 0 Å². The van der Waals surface area contributed by atoms with Crippen LogP contribution in [0.25, 0.3) is 0 Å². The molecule has 1 aromatic rings. The molecule has 0 fully saturated rings. The molecular weight excluding hydrogens is 236 g/mol. The number of rotatable bonds is 4. The van der Waals surface area contributed by atoms with Gasteiger partial charge < -0.3 is 0 Å². The van der Waals surface area contributed by atoms with E-state index in [0.29, 0.717) is 5.75 Å². The van der Waals surface area contributed by atoms with Crippen molar-refractivity contribution in [1.82, 2.24) is 0 Å². The lowest BCUT2D eigenvalue weighted by Crippen LogP contribution is -2.01. The van der Waals surface area contributed by atoms with E-state index < -0.39 is 0 Å². The smallest absolute Gasteiger partial charge is 0.172 e. The molecule has 0 unspecified atom stereocenters. The van der Waals surface area contributed by atoms with E-state index in [-0.39, 0.29) is 5.78 Å². The molecule has 0 aliphatic heterocycles. The molecule has 0 radical (unpaired) electrons. The maximum atomic E-state index is 11.4. The summed E-state index contributed by atoms with van der Waals surface area (Å²) in [5, 5.41) is 0. The van der Waals surface area contributed by atoms with Crippen LogP contribution in [0.2, 0.25) is 0 Å². The summed E-state index contributed by atoms with van der Waals surface area (Å²) in [5.41, 5.74) is 0.797. The predicted octanol–water partition coefficient (Wildman–Crippen LogP) is 2.95. The van der Waals surface area contributed by atoms with E-state index in [9.17, 15) is 4.79 Å². The van der Waals surface area contributed by atoms with Crippen LogP contribution in [0.1, 0.15) is 10.4 Å². The molecule has 64 valence electrons. The van der Waals surface area contributed by atoms with Gasteiger partial charge in [-0.05, 0) is 0 Å². The first-order valence-corrected chi connectivity index (χ1v) is 5.84. The summed E-state index contributed by atoms with van der Waals surface area (Å²) in [5.74, 6) is 0.745. The number of hydrogen-bond donors (Lipinski definition) is 0. The van der Waals surface area contributed by atoms with Crippen LogP contribution in [0.3, 0.4) is 0 Å². The van der Waals surface area contributed by atoms with Gasteiger partial charge in [0.25, 0.3) is 0 Å². The highest BCUT2D eigenvalue weighted by atomic mass is 79.9. The second-order valence-corrected chi connectivity index (χ2v) is 4.54. The van der Waals surface area contributed by atoms with Crippen molar-refractivity contribution in [2.45, 2.75) is 0 Å². The quantitative estimate of drug-likeness (QED) is 0.599. The molecule has 0 bridgehead atoms. The third-order valence-corrected chi connectivity index (χ3v) is 3.00. The average molecular weight is 245 g/mol. The van der Waals surface area contributed by atoms with Crippen LogP contribution in [0.15, 0.2) is 30.3 Å². The SMILES string of the molecule is O=C(CSCBr)c1ccccc1. The van der Waals surface area contributed by atoms with Crippen molar-refractivity contribution in [3.8, 4) is 0 Å². The summed E-state index contributed by atoms with van der Waals surface area (Å²) in [4.78, 5) is 11.4. The molecule has 0 heterocycles. The summed E-state index contributed by atoms with van der Waals surface area (Å²) in [7, 11) is 0. The number of hydrogen-bond acceptors (Lipinski definition) is 2. The van der Waals surface area contributed by atoms with Gasteiger partial charge >= 0.3 is 0 Å². The molecule has 0 saturated carbocycles. The van der Waals surface area contributed by atoms with Gasteiger partial charge in [-0.25, -0.2) is 0 Å². The molecule has 12 heavy (non-hydrogen) atoms. The fourth-order valence-electron chi connectivity index (χ4n) is 0.839. The van der Waals surface area contributed by atoms with Gasteiger partial charge in [0.05, 0.1) is 5.75 Å². The van der Waals surface area contributed by atoms with E-state index in [4.69, 9.17) is 0 Å². The van der Waals surface area contributed by atoms with Crippen molar-refractivity contribution in [2.75, 3.05) is 10.4 Å². The van der Waals surface area contributed by atoms with Crippen molar-refractivity contribution in [3.05, 3.63) is 35.9 Å². The highest BCUT2D eigenvalue weighted by Gasteiger charge is 2.02. The molecule has 1 aromatic carbocycles. The van der Waals surface area contributed by atoms with Gasteiger partial charge in [0.1, 0.15) is 0 Å². The first-order valence-electron chi connectivity index (χ1n) is 3.56. The summed E-state index contributed by atoms with van der Waals surface area (Å²) >= 11 is 4.84. The molecule has 0 N–H and O–H groups in total. The Balaban J connectivity index is 2.54. The highest BCUT2D eigenvalue weighted by molar-refractivity contribution is 9.11. The Bertz CT molecular complexity index is 248. The molecule has 1 rings (SSSR count). The van der Waals surface area contributed by atoms with Crippen LogP contribution >= 0.6 is 27.7 Å². The molecule has 0 aromatic heterocycles. The number of Topliss-reactive ketones (excluding diaryl/α,β-unsaturated/α-hetero) is 1. The third-order valence-electron chi connectivity index (χ3n) is 1.41. The van der Waals surface area contributed by atoms with E-state index >= 15 is 0 Å². The van der Waals surface area contributed by atoms with Crippen molar-refractivity contribution in [1.29, 1.82) is 0 Å². The molecule has 0 atom stereocenters. The summed E-state index contributed by atoms with van der Waals surface area (Å²) in [6, 6.07) is 9.36. The zero-order valence-electron chi connectivity index (χ0n) is 6.50. The number of benzene rings is 1. The topological polar surface area (TPSA) is 17.1 Å². The summed E-state index contributed by atoms with van der Waals surface area (Å²) in [6.45, 7) is 0. The van der Waals surface area contributed by atoms with Crippen molar-refractivity contribution in [2.24, 2.45) is 0 Å². The Morgan fingerprint density at radius 3 is 2.58 bits per heavy atom. The Morgan fingerprint density at radius 1 is 1.33 bits per heavy atom. The zero-order chi connectivity index (χ0) is 8.81. The Hall–Kier alpha value is -0.280. The minimum absolute atomic E-state index is 0.194. The number of carbonyl (C=O) groups is 1. The van der Waals surface area contributed by atoms with Crippen molar-refractivity contribution in [3.63, 3.8) is 0 Å². The molecule has 0 spiro atoms. The molecule has 0 aliphatic carbocycles. The van der Waals surface area contributed by atoms with Gasteiger partial charge in [-0.1, -0.05) is 46.3 Å². The number of carbonyl (C=O) groups excluding carboxylic acids is 1. The van der Waals surface area contributed by atoms with Gasteiger partial charge in [0.2, 0.25) is 0 Å². The predicted molar refractivity (Wildman–Crippen MR) is 57.0 cm³/mol. The lowest BCUT2D eigenvalue weighted by molar-refractivity contribution is 0.102. The minimum Gasteiger partial charge on any atom is -0.293 e. The van der Waals surface area contributed by atoms with E-state index in [1.54, 1.807) is 11.8 Å². The Labute approximate surface area is 84.7 Å². The molecule has 0 aliphatic rings. The van der Waals surface area contributed by atoms with E-state index in [0.717, 1.165) is 10.2 Å². The number of alkyl halides is 1. The summed E-state index contributed by atoms with van der Waals surface area (Å²) in [6.07, 6.45) is 0. The number of halogens is 1. The normalized spacial score (nSPS) is 9.75. The van der Waals surface area contributed by atoms with Crippen LogP contribution < -0.4 is 0 Å². The van der Waals surface area contributed by atoms with Gasteiger partial charge in [-0.2, -0.15) is 0 Å². The van der Waals surface area contributed by atoms with Crippen LogP contribution in [0.5, 0.6) is 0 Å². The number of thioether (sulfide) groups is 1. The maximum Gasteiger partial charge on any atom is 0.172 e. The van der Waals surface area contributed by atoms with Crippen LogP contribution in [-0.2, 0) is 0 Å². The fourth-order valence-corrected chi connectivity index (χ4v) is 1.75. The molecule has 0 amide bonds. The van der Waals surface area contributed by atoms with E-state index in [1.165, 1.54) is 0 Å². The maximum absolute atomic E-state index is 11.4. The Kier molecular flexibility index (Phi) is 4.40. The average Bonchev–Trinajstić information content (AvgIpc) is 2.15. The van der Waals surface area contributed by atoms with Gasteiger partial charge in [0, 0.05) is 10.2 Å². The van der Waals surface area contributed by atoms with Gasteiger partial charge in [-0.3, -0.25) is 4.79 Å². The van der Waals surface area contributed by atoms with E-state index in [2.05, 4.69) is 15.9 Å². The molecule has 0 saturated heterocycles. The largest absolute Gasteiger partial charge is 0.293 e. The summed E-state index contributed by atoms with van der Waals surface area (Å²) < 4.78 is 0.811. The first-order chi connectivity index (χ1) is 5.84. The fraction of sp³-hybridized carbons (Fsp3) is 0.222. The minimum atomic E-state index is 0.194. The second-order valence-electron chi connectivity index (χ2n) is 2.25. The van der Waals surface area contributed by atoms with Crippen molar-refractivity contribution >= 4 is 33.5 Å². The second kappa shape index (κ2) is 5.38. The monoisotopic (exact) mass is 244 g/mol. The molecular formula is C9H9BrOS. The standard InChI is InChI=1S/C9H9BrOS/c10-7-12-6-9(11)8-4-2-1-3-5-8/h1-5H,6-7H2. The van der Waals surface area contributed by atoms with Gasteiger partial charge in [-0.15, -0.1) is 11.8 Å². The Morgan fingerprint density at radius 2 is 2.00 bits per heavy atom. The first kappa shape index (κ1) is 9.81. The van der Waals surface area contributed by atoms with Gasteiger partial charge in [0.15, 0.2) is 5.78 Å². The highest BCUT2D eigenvalue weighted by Crippen LogP contribution is 2.08. The zero-order valence-corrected chi connectivity index (χ0v) is 8.90. The lowest BCUT2D eigenvalue weighted by Gasteiger charge is -1.97. The number of ketones is 1. The van der Waals surface area contributed by atoms with Crippen LogP contribution in [-0.4, -0.2) is 16.2 Å².